The van der Waals surface area contributed by atoms with Gasteiger partial charge in [0.2, 0.25) is 6.29 Å². The second kappa shape index (κ2) is 10.7. The van der Waals surface area contributed by atoms with Crippen LogP contribution in [0.2, 0.25) is 0 Å². The van der Waals surface area contributed by atoms with Crippen molar-refractivity contribution in [2.24, 2.45) is 0 Å². The Labute approximate surface area is 195 Å². The zero-order valence-electron chi connectivity index (χ0n) is 18.0. The smallest absolute Gasteiger partial charge is 0.340 e. The first kappa shape index (κ1) is 23.2. The monoisotopic (exact) mass is 462 g/mol. The highest BCUT2D eigenvalue weighted by Crippen LogP contribution is 2.27. The molecule has 3 aromatic carbocycles. The number of esters is 3. The standard InChI is InChI=1S/C26H22O8/c27-21-22(33-24(29)18-12-6-2-7-13-18)20(16-31-23(28)17-10-4-1-5-11-17)32-26(21)34-25(30)19-14-8-3-9-15-19/h1-15,20-22,26-27H,16H2/t20-,21+,22-,26-/m1/s1. The summed E-state index contributed by atoms with van der Waals surface area (Å²) in [5.41, 5.74) is 0.848. The van der Waals surface area contributed by atoms with Crippen LogP contribution in [0, 0.1) is 0 Å². The van der Waals surface area contributed by atoms with Gasteiger partial charge >= 0.3 is 17.9 Å². The summed E-state index contributed by atoms with van der Waals surface area (Å²) in [4.78, 5) is 37.4. The normalized spacial score (nSPS) is 21.4. The fourth-order valence-corrected chi connectivity index (χ4v) is 3.41. The Hall–Kier alpha value is -4.01. The van der Waals surface area contributed by atoms with E-state index in [1.54, 1.807) is 91.0 Å². The molecule has 1 fully saturated rings. The van der Waals surface area contributed by atoms with Gasteiger partial charge in [0, 0.05) is 0 Å². The van der Waals surface area contributed by atoms with Crippen LogP contribution in [-0.4, -0.2) is 54.2 Å². The maximum Gasteiger partial charge on any atom is 0.340 e. The van der Waals surface area contributed by atoms with E-state index in [1.165, 1.54) is 0 Å². The van der Waals surface area contributed by atoms with E-state index >= 15 is 0 Å². The average molecular weight is 462 g/mol. The maximum absolute atomic E-state index is 12.6. The van der Waals surface area contributed by atoms with Gasteiger partial charge in [0.1, 0.15) is 12.7 Å². The highest BCUT2D eigenvalue weighted by molar-refractivity contribution is 5.90. The highest BCUT2D eigenvalue weighted by Gasteiger charge is 2.49. The highest BCUT2D eigenvalue weighted by atomic mass is 16.7. The molecule has 1 saturated heterocycles. The van der Waals surface area contributed by atoms with E-state index in [2.05, 4.69) is 0 Å². The van der Waals surface area contributed by atoms with Crippen molar-refractivity contribution in [2.75, 3.05) is 6.61 Å². The number of ether oxygens (including phenoxy) is 4. The molecular weight excluding hydrogens is 440 g/mol. The third-order valence-corrected chi connectivity index (χ3v) is 5.16. The molecule has 0 amide bonds. The Morgan fingerprint density at radius 1 is 0.676 bits per heavy atom. The van der Waals surface area contributed by atoms with Crippen LogP contribution >= 0.6 is 0 Å². The molecule has 4 atom stereocenters. The molecule has 3 aromatic rings. The van der Waals surface area contributed by atoms with Gasteiger partial charge in [-0.3, -0.25) is 0 Å². The van der Waals surface area contributed by atoms with Gasteiger partial charge in [0.05, 0.1) is 16.7 Å². The molecule has 1 N–H and O–H groups in total. The topological polar surface area (TPSA) is 108 Å². The number of carbonyl (C=O) groups excluding carboxylic acids is 3. The summed E-state index contributed by atoms with van der Waals surface area (Å²) < 4.78 is 21.8. The fourth-order valence-electron chi connectivity index (χ4n) is 3.41. The number of aliphatic hydroxyl groups excluding tert-OH is 1. The molecular formula is C26H22O8. The van der Waals surface area contributed by atoms with E-state index in [9.17, 15) is 19.5 Å². The predicted octanol–water partition coefficient (Wildman–Crippen LogP) is 3.01. The zero-order chi connectivity index (χ0) is 23.9. The molecule has 8 heteroatoms. The largest absolute Gasteiger partial charge is 0.459 e. The maximum atomic E-state index is 12.6. The number of hydrogen-bond acceptors (Lipinski definition) is 8. The van der Waals surface area contributed by atoms with Crippen LogP contribution in [0.5, 0.6) is 0 Å². The van der Waals surface area contributed by atoms with Crippen molar-refractivity contribution in [1.82, 2.24) is 0 Å². The Morgan fingerprint density at radius 2 is 1.12 bits per heavy atom. The van der Waals surface area contributed by atoms with E-state index in [0.29, 0.717) is 5.56 Å². The molecule has 0 aromatic heterocycles. The third kappa shape index (κ3) is 5.48. The Kier molecular flexibility index (Phi) is 7.31. The van der Waals surface area contributed by atoms with Crippen LogP contribution in [0.1, 0.15) is 31.1 Å². The third-order valence-electron chi connectivity index (χ3n) is 5.16. The summed E-state index contributed by atoms with van der Waals surface area (Å²) in [6.45, 7) is -0.336. The average Bonchev–Trinajstić information content (AvgIpc) is 3.17. The first-order valence-electron chi connectivity index (χ1n) is 10.6. The van der Waals surface area contributed by atoms with Crippen LogP contribution in [0.4, 0.5) is 0 Å². The van der Waals surface area contributed by atoms with Gasteiger partial charge in [-0.1, -0.05) is 54.6 Å². The molecule has 0 aliphatic carbocycles. The first-order valence-corrected chi connectivity index (χ1v) is 10.6. The van der Waals surface area contributed by atoms with Crippen molar-refractivity contribution in [2.45, 2.75) is 24.6 Å². The molecule has 174 valence electrons. The molecule has 0 spiro atoms. The van der Waals surface area contributed by atoms with Gasteiger partial charge in [0.15, 0.2) is 12.2 Å². The van der Waals surface area contributed by atoms with Crippen LogP contribution in [0.15, 0.2) is 91.0 Å². The molecule has 1 aliphatic heterocycles. The quantitative estimate of drug-likeness (QED) is 0.422. The lowest BCUT2D eigenvalue weighted by Gasteiger charge is -2.20. The predicted molar refractivity (Wildman–Crippen MR) is 119 cm³/mol. The molecule has 0 saturated carbocycles. The van der Waals surface area contributed by atoms with Crippen molar-refractivity contribution in [3.05, 3.63) is 108 Å². The Morgan fingerprint density at radius 3 is 1.62 bits per heavy atom. The SMILES string of the molecule is O=C(OC[C@H]1O[C@H](OC(=O)c2ccccc2)[C@@H](O)[C@@H]1OC(=O)c1ccccc1)c1ccccc1. The lowest BCUT2D eigenvalue weighted by molar-refractivity contribution is -0.139. The lowest BCUT2D eigenvalue weighted by Crippen LogP contribution is -2.40. The molecule has 8 nitrogen and oxygen atoms in total. The number of hydrogen-bond donors (Lipinski definition) is 1. The van der Waals surface area contributed by atoms with Crippen LogP contribution in [0.3, 0.4) is 0 Å². The van der Waals surface area contributed by atoms with Crippen molar-refractivity contribution >= 4 is 17.9 Å². The van der Waals surface area contributed by atoms with E-state index in [0.717, 1.165) is 0 Å². The molecule has 0 unspecified atom stereocenters. The summed E-state index contributed by atoms with van der Waals surface area (Å²) in [7, 11) is 0. The second-order valence-electron chi connectivity index (χ2n) is 7.51. The minimum atomic E-state index is -1.50. The number of carbonyl (C=O) groups is 3. The number of rotatable bonds is 7. The van der Waals surface area contributed by atoms with Crippen molar-refractivity contribution in [3.63, 3.8) is 0 Å². The summed E-state index contributed by atoms with van der Waals surface area (Å²) in [5, 5.41) is 10.8. The number of benzene rings is 3. The minimum Gasteiger partial charge on any atom is -0.459 e. The molecule has 4 rings (SSSR count). The van der Waals surface area contributed by atoms with E-state index < -0.39 is 42.5 Å². The van der Waals surface area contributed by atoms with Crippen molar-refractivity contribution < 1.29 is 38.4 Å². The van der Waals surface area contributed by atoms with Gasteiger partial charge in [0.25, 0.3) is 0 Å². The fraction of sp³-hybridized carbons (Fsp3) is 0.192. The Bertz CT molecular complexity index is 1120. The van der Waals surface area contributed by atoms with E-state index in [4.69, 9.17) is 18.9 Å². The lowest BCUT2D eigenvalue weighted by atomic mass is 10.1. The van der Waals surface area contributed by atoms with Gasteiger partial charge < -0.3 is 24.1 Å². The molecule has 0 bridgehead atoms. The van der Waals surface area contributed by atoms with Crippen LogP contribution in [0.25, 0.3) is 0 Å². The molecule has 34 heavy (non-hydrogen) atoms. The minimum absolute atomic E-state index is 0.259. The summed E-state index contributed by atoms with van der Waals surface area (Å²) >= 11 is 0. The summed E-state index contributed by atoms with van der Waals surface area (Å²) in [6, 6.07) is 24.7. The summed E-state index contributed by atoms with van der Waals surface area (Å²) in [6.07, 6.45) is -5.24. The van der Waals surface area contributed by atoms with Gasteiger partial charge in [-0.2, -0.15) is 0 Å². The zero-order valence-corrected chi connectivity index (χ0v) is 18.0. The van der Waals surface area contributed by atoms with Crippen LogP contribution < -0.4 is 0 Å². The van der Waals surface area contributed by atoms with E-state index in [1.807, 2.05) is 0 Å². The first-order chi connectivity index (χ1) is 16.5. The summed E-state index contributed by atoms with van der Waals surface area (Å²) in [5.74, 6) is -2.04. The van der Waals surface area contributed by atoms with Crippen molar-refractivity contribution in [1.29, 1.82) is 0 Å². The van der Waals surface area contributed by atoms with Crippen LogP contribution in [-0.2, 0) is 18.9 Å². The van der Waals surface area contributed by atoms with Gasteiger partial charge in [-0.05, 0) is 36.4 Å². The van der Waals surface area contributed by atoms with E-state index in [-0.39, 0.29) is 17.7 Å². The molecule has 1 heterocycles. The molecule has 1 aliphatic rings. The van der Waals surface area contributed by atoms with Crippen molar-refractivity contribution in [3.8, 4) is 0 Å². The Balaban J connectivity index is 1.47. The number of aliphatic hydroxyl groups is 1. The molecule has 0 radical (unpaired) electrons. The van der Waals surface area contributed by atoms with Gasteiger partial charge in [-0.25, -0.2) is 14.4 Å². The van der Waals surface area contributed by atoms with Gasteiger partial charge in [-0.15, -0.1) is 0 Å². The second-order valence-corrected chi connectivity index (χ2v) is 7.51.